The van der Waals surface area contributed by atoms with Crippen LogP contribution in [0, 0.1) is 0 Å². The summed E-state index contributed by atoms with van der Waals surface area (Å²) < 4.78 is 53.0. The Kier molecular flexibility index (Phi) is 10.5. The normalized spacial score (nSPS) is 11.3. The van der Waals surface area contributed by atoms with Gasteiger partial charge in [-0.3, -0.25) is 9.05 Å². The summed E-state index contributed by atoms with van der Waals surface area (Å²) in [5, 5.41) is 0. The van der Waals surface area contributed by atoms with Crippen LogP contribution in [0.1, 0.15) is 22.3 Å². The molecule has 0 heterocycles. The molecular formula is C32H33O8P. The molecule has 0 amide bonds. The van der Waals surface area contributed by atoms with Crippen molar-refractivity contribution in [2.75, 3.05) is 28.4 Å². The summed E-state index contributed by atoms with van der Waals surface area (Å²) in [6.45, 7) is 0.110. The van der Waals surface area contributed by atoms with Crippen molar-refractivity contribution in [3.05, 3.63) is 113 Å². The first-order valence-electron chi connectivity index (χ1n) is 12.8. The van der Waals surface area contributed by atoms with E-state index in [0.29, 0.717) is 23.0 Å². The molecule has 8 nitrogen and oxygen atoms in total. The van der Waals surface area contributed by atoms with Gasteiger partial charge < -0.3 is 23.5 Å². The molecule has 0 N–H and O–H groups in total. The van der Waals surface area contributed by atoms with E-state index >= 15 is 0 Å². The zero-order chi connectivity index (χ0) is 29.1. The fraction of sp³-hybridized carbons (Fsp3) is 0.188. The van der Waals surface area contributed by atoms with E-state index in [4.69, 9.17) is 32.5 Å². The smallest absolute Gasteiger partial charge is 0.496 e. The van der Waals surface area contributed by atoms with Crippen molar-refractivity contribution < 1.29 is 37.1 Å². The van der Waals surface area contributed by atoms with Gasteiger partial charge in [-0.25, -0.2) is 4.57 Å². The number of benzene rings is 4. The minimum atomic E-state index is -4.02. The molecule has 0 fully saturated rings. The molecular weight excluding hydrogens is 543 g/mol. The lowest BCUT2D eigenvalue weighted by molar-refractivity contribution is 0.143. The molecule has 41 heavy (non-hydrogen) atoms. The van der Waals surface area contributed by atoms with Crippen molar-refractivity contribution in [3.8, 4) is 28.7 Å². The average Bonchev–Trinajstić information content (AvgIpc) is 3.02. The first-order valence-corrected chi connectivity index (χ1v) is 14.3. The highest BCUT2D eigenvalue weighted by Gasteiger charge is 2.29. The predicted octanol–water partition coefficient (Wildman–Crippen LogP) is 7.81. The standard InChI is InChI=1S/C32H33O8P/c1-34-29-21-28(18-17-27(29)16-15-26-19-30(35-2)32(37-4)31(20-26)36-3)40-41(33,38-22-24-11-7-5-8-12-24)39-23-25-13-9-6-10-14-25/h5-21H,22-23H2,1-4H3. The lowest BCUT2D eigenvalue weighted by Crippen LogP contribution is -2.04. The molecule has 0 aliphatic rings. The Morgan fingerprint density at radius 2 is 1.15 bits per heavy atom. The van der Waals surface area contributed by atoms with Crippen LogP contribution in [-0.4, -0.2) is 28.4 Å². The van der Waals surface area contributed by atoms with Crippen LogP contribution < -0.4 is 23.5 Å². The minimum absolute atomic E-state index is 0.0552. The van der Waals surface area contributed by atoms with Crippen molar-refractivity contribution in [2.45, 2.75) is 13.2 Å². The van der Waals surface area contributed by atoms with Crippen LogP contribution in [0.15, 0.2) is 91.0 Å². The highest BCUT2D eigenvalue weighted by molar-refractivity contribution is 7.48. The van der Waals surface area contributed by atoms with Crippen molar-refractivity contribution in [2.24, 2.45) is 0 Å². The lowest BCUT2D eigenvalue weighted by Gasteiger charge is -2.19. The van der Waals surface area contributed by atoms with Gasteiger partial charge in [-0.15, -0.1) is 0 Å². The van der Waals surface area contributed by atoms with Gasteiger partial charge in [-0.05, 0) is 41.0 Å². The largest absolute Gasteiger partial charge is 0.530 e. The van der Waals surface area contributed by atoms with Crippen molar-refractivity contribution in [1.82, 2.24) is 0 Å². The zero-order valence-electron chi connectivity index (χ0n) is 23.4. The van der Waals surface area contributed by atoms with Gasteiger partial charge in [0.1, 0.15) is 11.5 Å². The molecule has 0 bridgehead atoms. The second-order valence-electron chi connectivity index (χ2n) is 8.75. The van der Waals surface area contributed by atoms with Gasteiger partial charge in [0.15, 0.2) is 11.5 Å². The first kappa shape index (κ1) is 29.7. The lowest BCUT2D eigenvalue weighted by atomic mass is 10.1. The summed E-state index contributed by atoms with van der Waals surface area (Å²) in [5.74, 6) is 2.38. The number of ether oxygens (including phenoxy) is 4. The third-order valence-electron chi connectivity index (χ3n) is 6.03. The molecule has 4 aromatic carbocycles. The maximum absolute atomic E-state index is 13.7. The highest BCUT2D eigenvalue weighted by Crippen LogP contribution is 2.51. The number of phosphoric ester groups is 1. The Morgan fingerprint density at radius 3 is 1.63 bits per heavy atom. The molecule has 0 saturated carbocycles. The molecule has 4 aromatic rings. The van der Waals surface area contributed by atoms with Gasteiger partial charge in [0.25, 0.3) is 0 Å². The minimum Gasteiger partial charge on any atom is -0.496 e. The van der Waals surface area contributed by atoms with Crippen LogP contribution in [0.3, 0.4) is 0 Å². The van der Waals surface area contributed by atoms with Crippen molar-refractivity contribution in [1.29, 1.82) is 0 Å². The van der Waals surface area contributed by atoms with Gasteiger partial charge in [0.05, 0.1) is 41.7 Å². The van der Waals surface area contributed by atoms with Gasteiger partial charge in [0, 0.05) is 11.6 Å². The molecule has 214 valence electrons. The highest BCUT2D eigenvalue weighted by atomic mass is 31.2. The summed E-state index contributed by atoms with van der Waals surface area (Å²) in [6.07, 6.45) is 3.76. The Hall–Kier alpha value is -4.23. The second-order valence-corrected chi connectivity index (χ2v) is 10.3. The first-order chi connectivity index (χ1) is 20.0. The molecule has 0 unspecified atom stereocenters. The third-order valence-corrected chi connectivity index (χ3v) is 7.35. The molecule has 0 aliphatic heterocycles. The maximum atomic E-state index is 13.7. The van der Waals surface area contributed by atoms with Crippen LogP contribution in [0.2, 0.25) is 0 Å². The van der Waals surface area contributed by atoms with Gasteiger partial charge in [-0.2, -0.15) is 0 Å². The van der Waals surface area contributed by atoms with Crippen LogP contribution in [-0.2, 0) is 26.8 Å². The Morgan fingerprint density at radius 1 is 0.610 bits per heavy atom. The molecule has 0 radical (unpaired) electrons. The quantitative estimate of drug-likeness (QED) is 0.111. The van der Waals surface area contributed by atoms with E-state index in [1.165, 1.54) is 0 Å². The third kappa shape index (κ3) is 8.14. The van der Waals surface area contributed by atoms with Gasteiger partial charge >= 0.3 is 7.82 Å². The maximum Gasteiger partial charge on any atom is 0.530 e. The number of methoxy groups -OCH3 is 4. The van der Waals surface area contributed by atoms with E-state index in [9.17, 15) is 4.57 Å². The van der Waals surface area contributed by atoms with E-state index in [0.717, 1.165) is 22.3 Å². The van der Waals surface area contributed by atoms with E-state index in [1.54, 1.807) is 46.6 Å². The predicted molar refractivity (Wildman–Crippen MR) is 159 cm³/mol. The Balaban J connectivity index is 1.55. The van der Waals surface area contributed by atoms with E-state index in [1.807, 2.05) is 84.9 Å². The number of hydrogen-bond acceptors (Lipinski definition) is 8. The summed E-state index contributed by atoms with van der Waals surface area (Å²) in [5.41, 5.74) is 3.27. The summed E-state index contributed by atoms with van der Waals surface area (Å²) in [4.78, 5) is 0. The number of hydrogen-bond donors (Lipinski definition) is 0. The topological polar surface area (TPSA) is 81.7 Å². The van der Waals surface area contributed by atoms with Crippen LogP contribution >= 0.6 is 7.82 Å². The van der Waals surface area contributed by atoms with Crippen molar-refractivity contribution >= 4 is 20.0 Å². The molecule has 0 saturated heterocycles. The van der Waals surface area contributed by atoms with E-state index in [-0.39, 0.29) is 19.0 Å². The molecule has 4 rings (SSSR count). The zero-order valence-corrected chi connectivity index (χ0v) is 24.3. The molecule has 0 atom stereocenters. The number of rotatable bonds is 14. The summed E-state index contributed by atoms with van der Waals surface area (Å²) in [7, 11) is 2.22. The monoisotopic (exact) mass is 576 g/mol. The summed E-state index contributed by atoms with van der Waals surface area (Å²) in [6, 6.07) is 27.6. The number of phosphoric acid groups is 1. The fourth-order valence-electron chi connectivity index (χ4n) is 3.94. The Labute approximate surface area is 240 Å². The summed E-state index contributed by atoms with van der Waals surface area (Å²) >= 11 is 0. The SMILES string of the molecule is COc1cc(OP(=O)(OCc2ccccc2)OCc2ccccc2)ccc1C=Cc1cc(OC)c(OC)c(OC)c1. The average molecular weight is 577 g/mol. The van der Waals surface area contributed by atoms with Crippen LogP contribution in [0.5, 0.6) is 28.7 Å². The van der Waals surface area contributed by atoms with Gasteiger partial charge in [-0.1, -0.05) is 72.8 Å². The van der Waals surface area contributed by atoms with E-state index < -0.39 is 7.82 Å². The van der Waals surface area contributed by atoms with Gasteiger partial charge in [0.2, 0.25) is 5.75 Å². The molecule has 0 spiro atoms. The molecule has 0 aromatic heterocycles. The second kappa shape index (κ2) is 14.4. The van der Waals surface area contributed by atoms with Crippen LogP contribution in [0.4, 0.5) is 0 Å². The van der Waals surface area contributed by atoms with Crippen LogP contribution in [0.25, 0.3) is 12.2 Å². The Bertz CT molecular complexity index is 1420. The fourth-order valence-corrected chi connectivity index (χ4v) is 5.11. The molecule has 9 heteroatoms. The van der Waals surface area contributed by atoms with Crippen molar-refractivity contribution in [3.63, 3.8) is 0 Å². The molecule has 0 aliphatic carbocycles. The van der Waals surface area contributed by atoms with E-state index in [2.05, 4.69) is 0 Å².